The van der Waals surface area contributed by atoms with Gasteiger partial charge in [0, 0.05) is 0 Å². The summed E-state index contributed by atoms with van der Waals surface area (Å²) < 4.78 is 176. The first-order chi connectivity index (χ1) is 13.2. The highest BCUT2D eigenvalue weighted by molar-refractivity contribution is 5.89. The molecular formula is C15H9F13O2. The Kier molecular flexibility index (Phi) is 6.44. The lowest BCUT2D eigenvalue weighted by Crippen LogP contribution is -2.72. The smallest absolute Gasteiger partial charge is 0.392 e. The molecule has 0 saturated carbocycles. The fraction of sp³-hybridized carbons (Fsp3) is 0.533. The summed E-state index contributed by atoms with van der Waals surface area (Å²) in [7, 11) is 0. The number of esters is 1. The molecule has 0 bridgehead atoms. The van der Waals surface area contributed by atoms with E-state index < -0.39 is 60.3 Å². The Morgan fingerprint density at radius 2 is 1.13 bits per heavy atom. The topological polar surface area (TPSA) is 26.3 Å². The van der Waals surface area contributed by atoms with Gasteiger partial charge in [0.2, 0.25) is 0 Å². The first-order valence-corrected chi connectivity index (χ1v) is 7.38. The van der Waals surface area contributed by atoms with E-state index in [1.165, 1.54) is 6.07 Å². The van der Waals surface area contributed by atoms with Crippen LogP contribution < -0.4 is 0 Å². The molecule has 1 atom stereocenters. The molecule has 1 rings (SSSR count). The van der Waals surface area contributed by atoms with E-state index in [1.54, 1.807) is 0 Å². The van der Waals surface area contributed by atoms with Crippen molar-refractivity contribution in [1.82, 2.24) is 0 Å². The number of halogens is 13. The molecule has 0 spiro atoms. The van der Waals surface area contributed by atoms with Crippen molar-refractivity contribution >= 4 is 5.97 Å². The molecule has 0 fully saturated rings. The Hall–Kier alpha value is -2.22. The maximum Gasteiger partial charge on any atom is 0.473 e. The van der Waals surface area contributed by atoms with Gasteiger partial charge in [-0.15, -0.1) is 0 Å². The number of carbonyl (C=O) groups excluding carboxylic acids is 1. The number of hydrogen-bond donors (Lipinski definition) is 0. The minimum atomic E-state index is -7.96. The van der Waals surface area contributed by atoms with Crippen molar-refractivity contribution < 1.29 is 66.6 Å². The Labute approximate surface area is 158 Å². The molecule has 1 unspecified atom stereocenters. The molecule has 0 radical (unpaired) electrons. The van der Waals surface area contributed by atoms with Crippen LogP contribution >= 0.6 is 0 Å². The van der Waals surface area contributed by atoms with E-state index in [4.69, 9.17) is 0 Å². The maximum atomic E-state index is 13.5. The number of carbonyl (C=O) groups is 1. The fourth-order valence-electron chi connectivity index (χ4n) is 1.85. The lowest BCUT2D eigenvalue weighted by molar-refractivity contribution is -0.451. The van der Waals surface area contributed by atoms with E-state index in [-0.39, 0.29) is 0 Å². The van der Waals surface area contributed by atoms with E-state index in [1.807, 2.05) is 0 Å². The molecule has 15 heteroatoms. The lowest BCUT2D eigenvalue weighted by Gasteiger charge is -2.40. The largest absolute Gasteiger partial charge is 0.473 e. The van der Waals surface area contributed by atoms with Gasteiger partial charge in [-0.3, -0.25) is 0 Å². The van der Waals surface area contributed by atoms with Crippen LogP contribution in [-0.4, -0.2) is 47.9 Å². The summed E-state index contributed by atoms with van der Waals surface area (Å²) in [5, 5.41) is 0. The van der Waals surface area contributed by atoms with E-state index in [0.717, 1.165) is 12.1 Å². The molecule has 30 heavy (non-hydrogen) atoms. The third-order valence-electron chi connectivity index (χ3n) is 3.70. The quantitative estimate of drug-likeness (QED) is 0.347. The molecular weight excluding hydrogens is 459 g/mol. The highest BCUT2D eigenvalue weighted by Crippen LogP contribution is 2.60. The van der Waals surface area contributed by atoms with Gasteiger partial charge in [-0.05, 0) is 19.1 Å². The molecule has 0 saturated heterocycles. The van der Waals surface area contributed by atoms with Gasteiger partial charge < -0.3 is 4.74 Å². The maximum absolute atomic E-state index is 13.5. The Balaban J connectivity index is 3.41. The molecule has 0 aliphatic rings. The van der Waals surface area contributed by atoms with Gasteiger partial charge in [0.1, 0.15) is 0 Å². The molecule has 1 aromatic rings. The van der Waals surface area contributed by atoms with Crippen molar-refractivity contribution in [1.29, 1.82) is 0 Å². The summed E-state index contributed by atoms with van der Waals surface area (Å²) in [5.41, 5.74) is -0.967. The first kappa shape index (κ1) is 25.8. The summed E-state index contributed by atoms with van der Waals surface area (Å²) in [5.74, 6) is -40.2. The van der Waals surface area contributed by atoms with Gasteiger partial charge >= 0.3 is 41.7 Å². The summed E-state index contributed by atoms with van der Waals surface area (Å²) >= 11 is 0. The van der Waals surface area contributed by atoms with E-state index in [9.17, 15) is 61.9 Å². The van der Waals surface area contributed by atoms with Crippen LogP contribution in [0.3, 0.4) is 0 Å². The van der Waals surface area contributed by atoms with E-state index >= 15 is 0 Å². The summed E-state index contributed by atoms with van der Waals surface area (Å²) in [4.78, 5) is 11.3. The van der Waals surface area contributed by atoms with E-state index in [0.29, 0.717) is 12.1 Å². The van der Waals surface area contributed by atoms with Crippen molar-refractivity contribution in [3.05, 3.63) is 35.9 Å². The average Bonchev–Trinajstić information content (AvgIpc) is 2.61. The number of benzene rings is 1. The zero-order chi connectivity index (χ0) is 24.0. The number of hydrogen-bond acceptors (Lipinski definition) is 2. The normalized spacial score (nSPS) is 15.7. The molecule has 1 aromatic carbocycles. The predicted octanol–water partition coefficient (Wildman–Crippen LogP) is 5.97. The lowest BCUT2D eigenvalue weighted by atomic mass is 9.92. The average molecular weight is 468 g/mol. The summed E-state index contributed by atoms with van der Waals surface area (Å²) in [6.07, 6.45) is -11.2. The Morgan fingerprint density at radius 1 is 0.733 bits per heavy atom. The van der Waals surface area contributed by atoms with Crippen molar-refractivity contribution in [3.8, 4) is 0 Å². The van der Waals surface area contributed by atoms with Crippen LogP contribution in [0.15, 0.2) is 30.3 Å². The van der Waals surface area contributed by atoms with Gasteiger partial charge in [-0.25, -0.2) is 9.18 Å². The number of rotatable bonds is 8. The van der Waals surface area contributed by atoms with Crippen LogP contribution in [0.5, 0.6) is 0 Å². The predicted molar refractivity (Wildman–Crippen MR) is 72.1 cm³/mol. The summed E-state index contributed by atoms with van der Waals surface area (Å²) in [6.45, 7) is -0.490. The molecule has 0 aliphatic carbocycles. The highest BCUT2D eigenvalue weighted by Gasteiger charge is 2.91. The number of alkyl halides is 13. The van der Waals surface area contributed by atoms with Crippen LogP contribution in [0.1, 0.15) is 17.3 Å². The molecule has 2 nitrogen and oxygen atoms in total. The SMILES string of the molecule is CC(F)C(F)(F)C(F)(F)C(F)(F)C(F)(F)C(F)(F)C(F)(F)OC(=O)c1ccccc1. The zero-order valence-electron chi connectivity index (χ0n) is 14.2. The van der Waals surface area contributed by atoms with Crippen LogP contribution in [0.2, 0.25) is 0 Å². The van der Waals surface area contributed by atoms with Crippen LogP contribution in [0, 0.1) is 0 Å². The minimum absolute atomic E-state index is 0.490. The van der Waals surface area contributed by atoms with E-state index in [2.05, 4.69) is 4.74 Å². The standard InChI is InChI=1S/C15H9F13O2/c1-7(16)10(17,18)11(19,20)12(21,22)13(23,24)14(25,26)15(27,28)30-9(29)8-5-3-2-4-6-8/h2-7H,1H3. The Morgan fingerprint density at radius 3 is 1.53 bits per heavy atom. The Bertz CT molecular complexity index is 759. The van der Waals surface area contributed by atoms with Crippen molar-refractivity contribution in [2.75, 3.05) is 0 Å². The van der Waals surface area contributed by atoms with Crippen molar-refractivity contribution in [2.45, 2.75) is 48.8 Å². The zero-order valence-corrected chi connectivity index (χ0v) is 14.2. The molecule has 0 aromatic heterocycles. The second-order valence-corrected chi connectivity index (χ2v) is 5.81. The van der Waals surface area contributed by atoms with Gasteiger partial charge in [0.25, 0.3) is 0 Å². The number of ether oxygens (including phenoxy) is 1. The minimum Gasteiger partial charge on any atom is -0.392 e. The van der Waals surface area contributed by atoms with Crippen LogP contribution in [0.25, 0.3) is 0 Å². The summed E-state index contributed by atoms with van der Waals surface area (Å²) in [6, 6.07) is 4.36. The van der Waals surface area contributed by atoms with Gasteiger partial charge in [-0.1, -0.05) is 18.2 Å². The molecule has 0 N–H and O–H groups in total. The molecule has 0 aliphatic heterocycles. The van der Waals surface area contributed by atoms with Crippen molar-refractivity contribution in [2.24, 2.45) is 0 Å². The second-order valence-electron chi connectivity index (χ2n) is 5.81. The van der Waals surface area contributed by atoms with Crippen LogP contribution in [0.4, 0.5) is 57.1 Å². The highest BCUT2D eigenvalue weighted by atomic mass is 19.4. The van der Waals surface area contributed by atoms with Crippen molar-refractivity contribution in [3.63, 3.8) is 0 Å². The fourth-order valence-corrected chi connectivity index (χ4v) is 1.85. The molecule has 172 valence electrons. The van der Waals surface area contributed by atoms with Gasteiger partial charge in [0.15, 0.2) is 6.17 Å². The van der Waals surface area contributed by atoms with Gasteiger partial charge in [0.05, 0.1) is 5.56 Å². The third kappa shape index (κ3) is 3.66. The molecule has 0 amide bonds. The van der Waals surface area contributed by atoms with Gasteiger partial charge in [-0.2, -0.15) is 52.7 Å². The monoisotopic (exact) mass is 468 g/mol. The second kappa shape index (κ2) is 7.48. The first-order valence-electron chi connectivity index (χ1n) is 7.38. The molecule has 0 heterocycles. The van der Waals surface area contributed by atoms with Crippen LogP contribution in [-0.2, 0) is 4.74 Å². The third-order valence-corrected chi connectivity index (χ3v) is 3.70.